The minimum Gasteiger partial charge on any atom is -0.390 e. The zero-order chi connectivity index (χ0) is 33.9. The molecule has 0 fully saturated rings. The Labute approximate surface area is 272 Å². The van der Waals surface area contributed by atoms with E-state index in [-0.39, 0.29) is 40.8 Å². The van der Waals surface area contributed by atoms with Crippen LogP contribution in [-0.2, 0) is 16.4 Å². The summed E-state index contributed by atoms with van der Waals surface area (Å²) in [5, 5.41) is 15.6. The molecule has 248 valence electrons. The molecule has 11 nitrogen and oxygen atoms in total. The molecule has 0 aromatic heterocycles. The Morgan fingerprint density at radius 1 is 0.783 bits per heavy atom. The van der Waals surface area contributed by atoms with E-state index in [0.29, 0.717) is 31.5 Å². The van der Waals surface area contributed by atoms with Gasteiger partial charge in [-0.2, -0.15) is 0 Å². The molecule has 0 saturated carbocycles. The van der Waals surface area contributed by atoms with Crippen molar-refractivity contribution in [2.75, 3.05) is 40.8 Å². The molecule has 46 heavy (non-hydrogen) atoms. The van der Waals surface area contributed by atoms with Crippen molar-refractivity contribution < 1.29 is 27.9 Å². The van der Waals surface area contributed by atoms with Crippen molar-refractivity contribution in [1.29, 1.82) is 0 Å². The lowest BCUT2D eigenvalue weighted by Crippen LogP contribution is -2.52. The highest BCUT2D eigenvalue weighted by Gasteiger charge is 2.28. The van der Waals surface area contributed by atoms with Crippen LogP contribution in [0.2, 0.25) is 0 Å². The van der Waals surface area contributed by atoms with Crippen LogP contribution in [0.4, 0.5) is 0 Å². The van der Waals surface area contributed by atoms with E-state index in [9.17, 15) is 27.9 Å². The maximum absolute atomic E-state index is 13.8. The average molecular weight is 652 g/mol. The molecule has 0 bridgehead atoms. The first-order valence-corrected chi connectivity index (χ1v) is 16.8. The third-order valence-electron chi connectivity index (χ3n) is 7.34. The number of aliphatic hydroxyl groups excluding tert-OH is 1. The number of hydrazine groups is 1. The van der Waals surface area contributed by atoms with E-state index in [1.807, 2.05) is 44.2 Å². The highest BCUT2D eigenvalue weighted by Crippen LogP contribution is 2.21. The number of amides is 3. The number of carbonyl (C=O) groups is 3. The van der Waals surface area contributed by atoms with Crippen molar-refractivity contribution in [3.8, 4) is 0 Å². The number of nitrogens with zero attached hydrogens (tertiary/aromatic N) is 3. The van der Waals surface area contributed by atoms with Gasteiger partial charge in [0.05, 0.1) is 17.0 Å². The molecule has 3 aromatic carbocycles. The molecule has 3 rings (SSSR count). The fourth-order valence-corrected chi connectivity index (χ4v) is 5.91. The van der Waals surface area contributed by atoms with Gasteiger partial charge in [0.2, 0.25) is 10.0 Å². The second kappa shape index (κ2) is 17.0. The summed E-state index contributed by atoms with van der Waals surface area (Å²) in [5.41, 5.74) is 4.07. The van der Waals surface area contributed by atoms with Crippen molar-refractivity contribution in [1.82, 2.24) is 25.0 Å². The smallest absolute Gasteiger partial charge is 0.265 e. The summed E-state index contributed by atoms with van der Waals surface area (Å²) < 4.78 is 27.4. The van der Waals surface area contributed by atoms with Crippen molar-refractivity contribution in [3.05, 3.63) is 101 Å². The van der Waals surface area contributed by atoms with E-state index in [1.165, 1.54) is 37.3 Å². The van der Waals surface area contributed by atoms with Gasteiger partial charge in [0, 0.05) is 57.5 Å². The highest BCUT2D eigenvalue weighted by molar-refractivity contribution is 7.89. The topological polar surface area (TPSA) is 139 Å². The van der Waals surface area contributed by atoms with Gasteiger partial charge in [0.15, 0.2) is 0 Å². The van der Waals surface area contributed by atoms with Crippen LogP contribution in [0.25, 0.3) is 0 Å². The van der Waals surface area contributed by atoms with Crippen LogP contribution in [0.15, 0.2) is 83.8 Å². The second-order valence-electron chi connectivity index (χ2n) is 11.4. The SMILES string of the molecule is CCCN(CCC)C(=O)c1cc(C(=O)NC(Cc2ccccc2)C(O)CN(C)NC(=O)c2ccccc2)cc(S(=O)(=O)N(C)C)c1. The van der Waals surface area contributed by atoms with Crippen LogP contribution in [0.1, 0.15) is 63.3 Å². The Bertz CT molecular complexity index is 1560. The first-order valence-electron chi connectivity index (χ1n) is 15.3. The molecule has 0 aliphatic rings. The van der Waals surface area contributed by atoms with E-state index < -0.39 is 28.1 Å². The van der Waals surface area contributed by atoms with Crippen molar-refractivity contribution in [2.24, 2.45) is 0 Å². The molecule has 0 aliphatic carbocycles. The number of hydrogen-bond donors (Lipinski definition) is 3. The second-order valence-corrected chi connectivity index (χ2v) is 13.5. The van der Waals surface area contributed by atoms with Gasteiger partial charge in [-0.25, -0.2) is 17.7 Å². The molecule has 2 unspecified atom stereocenters. The number of benzene rings is 3. The molecule has 0 heterocycles. The Kier molecular flexibility index (Phi) is 13.4. The number of rotatable bonds is 16. The number of sulfonamides is 1. The molecular weight excluding hydrogens is 606 g/mol. The van der Waals surface area contributed by atoms with Crippen LogP contribution in [0, 0.1) is 0 Å². The predicted molar refractivity (Wildman–Crippen MR) is 178 cm³/mol. The lowest BCUT2D eigenvalue weighted by Gasteiger charge is -2.28. The van der Waals surface area contributed by atoms with E-state index in [0.717, 1.165) is 9.87 Å². The lowest BCUT2D eigenvalue weighted by atomic mass is 10.00. The third-order valence-corrected chi connectivity index (χ3v) is 9.13. The summed E-state index contributed by atoms with van der Waals surface area (Å²) in [7, 11) is 0.368. The Morgan fingerprint density at radius 3 is 1.91 bits per heavy atom. The highest BCUT2D eigenvalue weighted by atomic mass is 32.2. The van der Waals surface area contributed by atoms with Gasteiger partial charge in [-0.15, -0.1) is 0 Å². The summed E-state index contributed by atoms with van der Waals surface area (Å²) in [4.78, 5) is 41.4. The van der Waals surface area contributed by atoms with Gasteiger partial charge >= 0.3 is 0 Å². The summed E-state index contributed by atoms with van der Waals surface area (Å²) >= 11 is 0. The largest absolute Gasteiger partial charge is 0.390 e. The molecular formula is C34H45N5O6S. The minimum absolute atomic E-state index is 0.0296. The molecule has 2 atom stereocenters. The molecule has 3 aromatic rings. The van der Waals surface area contributed by atoms with Crippen molar-refractivity contribution in [2.45, 2.75) is 50.2 Å². The molecule has 0 radical (unpaired) electrons. The van der Waals surface area contributed by atoms with Gasteiger partial charge < -0.3 is 15.3 Å². The first-order chi connectivity index (χ1) is 21.9. The molecule has 0 spiro atoms. The average Bonchev–Trinajstić information content (AvgIpc) is 3.04. The van der Waals surface area contributed by atoms with Gasteiger partial charge in [-0.1, -0.05) is 62.4 Å². The number of aliphatic hydroxyl groups is 1. The lowest BCUT2D eigenvalue weighted by molar-refractivity contribution is 0.0542. The van der Waals surface area contributed by atoms with E-state index in [2.05, 4.69) is 10.7 Å². The number of carbonyl (C=O) groups excluding carboxylic acids is 3. The summed E-state index contributed by atoms with van der Waals surface area (Å²) in [6.07, 6.45) is 0.531. The summed E-state index contributed by atoms with van der Waals surface area (Å²) in [6.45, 7) is 4.84. The normalized spacial score (nSPS) is 12.9. The Balaban J connectivity index is 1.93. The Morgan fingerprint density at radius 2 is 1.35 bits per heavy atom. The summed E-state index contributed by atoms with van der Waals surface area (Å²) in [5.74, 6) is -1.38. The van der Waals surface area contributed by atoms with E-state index in [1.54, 1.807) is 42.3 Å². The van der Waals surface area contributed by atoms with Gasteiger partial charge in [0.25, 0.3) is 17.7 Å². The number of likely N-dealkylation sites (N-methyl/N-ethyl adjacent to an activating group) is 1. The zero-order valence-electron chi connectivity index (χ0n) is 27.1. The zero-order valence-corrected chi connectivity index (χ0v) is 28.0. The maximum atomic E-state index is 13.8. The third kappa shape index (κ3) is 9.95. The molecule has 0 saturated heterocycles. The van der Waals surface area contributed by atoms with E-state index >= 15 is 0 Å². The molecule has 0 aliphatic heterocycles. The van der Waals surface area contributed by atoms with Crippen LogP contribution in [0.3, 0.4) is 0 Å². The molecule has 3 amide bonds. The number of nitrogens with one attached hydrogen (secondary N) is 2. The Hall–Kier alpha value is -4.10. The van der Waals surface area contributed by atoms with Crippen molar-refractivity contribution in [3.63, 3.8) is 0 Å². The predicted octanol–water partition coefficient (Wildman–Crippen LogP) is 3.18. The van der Waals surface area contributed by atoms with Crippen LogP contribution >= 0.6 is 0 Å². The summed E-state index contributed by atoms with van der Waals surface area (Å²) in [6, 6.07) is 21.0. The van der Waals surface area contributed by atoms with Gasteiger partial charge in [-0.05, 0) is 55.2 Å². The molecule has 12 heteroatoms. The monoisotopic (exact) mass is 651 g/mol. The fourth-order valence-electron chi connectivity index (χ4n) is 4.93. The van der Waals surface area contributed by atoms with Crippen LogP contribution in [-0.4, -0.2) is 98.4 Å². The first kappa shape index (κ1) is 36.4. The molecule has 3 N–H and O–H groups in total. The minimum atomic E-state index is -4.00. The quantitative estimate of drug-likeness (QED) is 0.202. The van der Waals surface area contributed by atoms with E-state index in [4.69, 9.17) is 0 Å². The maximum Gasteiger partial charge on any atom is 0.265 e. The fraction of sp³-hybridized carbons (Fsp3) is 0.382. The van der Waals surface area contributed by atoms with Gasteiger partial charge in [0.1, 0.15) is 0 Å². The number of hydrogen-bond acceptors (Lipinski definition) is 7. The standard InChI is InChI=1S/C34H45N5O6S/c1-6-18-39(19-7-2)34(43)28-21-27(22-29(23-28)46(44,45)37(3)4)32(41)35-30(20-25-14-10-8-11-15-25)31(40)24-38(5)36-33(42)26-16-12-9-13-17-26/h8-17,21-23,30-31,40H,6-7,18-20,24H2,1-5H3,(H,35,41)(H,36,42). The van der Waals surface area contributed by atoms with Gasteiger partial charge in [-0.3, -0.25) is 19.8 Å². The van der Waals surface area contributed by atoms with Crippen LogP contribution in [0.5, 0.6) is 0 Å². The van der Waals surface area contributed by atoms with Crippen LogP contribution < -0.4 is 10.7 Å². The van der Waals surface area contributed by atoms with Crippen molar-refractivity contribution >= 4 is 27.7 Å².